The van der Waals surface area contributed by atoms with E-state index in [0.29, 0.717) is 5.25 Å². The maximum Gasteiger partial charge on any atom is 0.0523 e. The van der Waals surface area contributed by atoms with Crippen LogP contribution in [0.1, 0.15) is 12.8 Å². The highest BCUT2D eigenvalue weighted by Gasteiger charge is 2.19. The van der Waals surface area contributed by atoms with Crippen molar-refractivity contribution in [3.8, 4) is 0 Å². The fourth-order valence-electron chi connectivity index (χ4n) is 1.73. The van der Waals surface area contributed by atoms with Crippen LogP contribution in [0.15, 0.2) is 40.5 Å². The summed E-state index contributed by atoms with van der Waals surface area (Å²) in [6.45, 7) is 1.60. The summed E-state index contributed by atoms with van der Waals surface area (Å²) in [5, 5.41) is 5.21. The predicted molar refractivity (Wildman–Crippen MR) is 62.7 cm³/mol. The highest BCUT2D eigenvalue weighted by Crippen LogP contribution is 2.29. The van der Waals surface area contributed by atoms with Gasteiger partial charge in [0.2, 0.25) is 0 Å². The van der Waals surface area contributed by atoms with Crippen LogP contribution < -0.4 is 0 Å². The Morgan fingerprint density at radius 1 is 1.20 bits per heavy atom. The van der Waals surface area contributed by atoms with E-state index in [4.69, 9.17) is 0 Å². The number of thioether (sulfide) groups is 1. The summed E-state index contributed by atoms with van der Waals surface area (Å²) in [5.74, 6) is 0. The molecule has 1 fully saturated rings. The molecule has 1 aliphatic rings. The summed E-state index contributed by atoms with van der Waals surface area (Å²) in [4.78, 5) is 11.6. The maximum atomic E-state index is 10.3. The van der Waals surface area contributed by atoms with Crippen molar-refractivity contribution in [3.63, 3.8) is 0 Å². The van der Waals surface area contributed by atoms with E-state index in [2.05, 4.69) is 29.6 Å². The molecule has 80 valence electrons. The Morgan fingerprint density at radius 2 is 1.87 bits per heavy atom. The van der Waals surface area contributed by atoms with Gasteiger partial charge in [-0.25, -0.2) is 0 Å². The summed E-state index contributed by atoms with van der Waals surface area (Å²) in [6.07, 6.45) is 2.09. The van der Waals surface area contributed by atoms with Crippen LogP contribution in [0.2, 0.25) is 0 Å². The first kappa shape index (κ1) is 10.5. The van der Waals surface area contributed by atoms with E-state index in [9.17, 15) is 4.91 Å². The zero-order valence-electron chi connectivity index (χ0n) is 8.50. The molecule has 0 unspecified atom stereocenters. The molecule has 3 nitrogen and oxygen atoms in total. The number of benzene rings is 1. The molecule has 4 heteroatoms. The number of hydrogen-bond acceptors (Lipinski definition) is 3. The first-order valence-electron chi connectivity index (χ1n) is 5.18. The third-order valence-corrected chi connectivity index (χ3v) is 3.93. The van der Waals surface area contributed by atoms with Crippen molar-refractivity contribution in [3.05, 3.63) is 35.2 Å². The molecule has 15 heavy (non-hydrogen) atoms. The molecule has 1 heterocycles. The third kappa shape index (κ3) is 2.96. The summed E-state index contributed by atoms with van der Waals surface area (Å²) in [7, 11) is 0. The van der Waals surface area contributed by atoms with Crippen LogP contribution in [0.25, 0.3) is 0 Å². The van der Waals surface area contributed by atoms with E-state index in [-0.39, 0.29) is 0 Å². The monoisotopic (exact) mass is 222 g/mol. The Morgan fingerprint density at radius 3 is 2.47 bits per heavy atom. The fourth-order valence-corrected chi connectivity index (χ4v) is 2.88. The Labute approximate surface area is 93.8 Å². The minimum Gasteiger partial charge on any atom is -0.261 e. The zero-order valence-corrected chi connectivity index (χ0v) is 9.32. The molecule has 1 aromatic carbocycles. The van der Waals surface area contributed by atoms with Gasteiger partial charge < -0.3 is 0 Å². The number of nitroso groups, excluding NO2 is 1. The Balaban J connectivity index is 1.85. The first-order chi connectivity index (χ1) is 7.38. The van der Waals surface area contributed by atoms with Gasteiger partial charge in [-0.3, -0.25) is 5.01 Å². The van der Waals surface area contributed by atoms with E-state index >= 15 is 0 Å². The minimum atomic E-state index is 0.630. The molecule has 2 rings (SSSR count). The Bertz CT molecular complexity index is 310. The van der Waals surface area contributed by atoms with Gasteiger partial charge in [0.15, 0.2) is 0 Å². The van der Waals surface area contributed by atoms with E-state index in [1.807, 2.05) is 17.8 Å². The van der Waals surface area contributed by atoms with E-state index in [0.717, 1.165) is 25.9 Å². The lowest BCUT2D eigenvalue weighted by atomic mass is 10.1. The quantitative estimate of drug-likeness (QED) is 0.737. The van der Waals surface area contributed by atoms with Crippen LogP contribution in [0.4, 0.5) is 0 Å². The normalized spacial score (nSPS) is 17.7. The van der Waals surface area contributed by atoms with Crippen molar-refractivity contribution < 1.29 is 0 Å². The molecule has 0 saturated carbocycles. The number of rotatable bonds is 3. The van der Waals surface area contributed by atoms with Crippen molar-refractivity contribution in [1.29, 1.82) is 0 Å². The molecule has 1 aliphatic heterocycles. The van der Waals surface area contributed by atoms with Gasteiger partial charge in [-0.15, -0.1) is 16.7 Å². The summed E-state index contributed by atoms with van der Waals surface area (Å²) >= 11 is 1.91. The van der Waals surface area contributed by atoms with E-state index in [1.165, 1.54) is 4.90 Å². The predicted octanol–water partition coefficient (Wildman–Crippen LogP) is 2.92. The van der Waals surface area contributed by atoms with Gasteiger partial charge in [-0.2, -0.15) is 0 Å². The molecule has 0 aliphatic carbocycles. The molecular formula is C11H14N2OS. The van der Waals surface area contributed by atoms with E-state index < -0.39 is 0 Å². The van der Waals surface area contributed by atoms with Crippen LogP contribution in [0.5, 0.6) is 0 Å². The van der Waals surface area contributed by atoms with Crippen molar-refractivity contribution in [2.75, 3.05) is 13.1 Å². The molecule has 0 amide bonds. The number of nitrogens with zero attached hydrogens (tertiary/aromatic N) is 2. The largest absolute Gasteiger partial charge is 0.261 e. The van der Waals surface area contributed by atoms with Gasteiger partial charge in [0, 0.05) is 23.2 Å². The molecule has 0 aromatic heterocycles. The second kappa shape index (κ2) is 5.16. The lowest BCUT2D eigenvalue weighted by Gasteiger charge is -2.27. The molecule has 0 bridgehead atoms. The van der Waals surface area contributed by atoms with Crippen molar-refractivity contribution in [2.24, 2.45) is 5.29 Å². The fraction of sp³-hybridized carbons (Fsp3) is 0.455. The van der Waals surface area contributed by atoms with Gasteiger partial charge >= 0.3 is 0 Å². The second-order valence-corrected chi connectivity index (χ2v) is 5.04. The summed E-state index contributed by atoms with van der Waals surface area (Å²) < 4.78 is 0. The smallest absolute Gasteiger partial charge is 0.0523 e. The lowest BCUT2D eigenvalue weighted by molar-refractivity contribution is 0.240. The number of hydrogen-bond donors (Lipinski definition) is 0. The zero-order chi connectivity index (χ0) is 10.5. The first-order valence-corrected chi connectivity index (χ1v) is 6.06. The Hall–Kier alpha value is -1.03. The standard InChI is InChI=1S/C11H14N2OS/c14-12-13-8-6-11(7-9-13)15-10-4-2-1-3-5-10/h1-5,11H,6-9H2. The van der Waals surface area contributed by atoms with Gasteiger partial charge in [-0.1, -0.05) is 18.2 Å². The van der Waals surface area contributed by atoms with Gasteiger partial charge in [-0.05, 0) is 25.0 Å². The van der Waals surface area contributed by atoms with Crippen molar-refractivity contribution in [1.82, 2.24) is 5.01 Å². The van der Waals surface area contributed by atoms with Crippen LogP contribution in [0.3, 0.4) is 0 Å². The third-order valence-electron chi connectivity index (χ3n) is 2.58. The average Bonchev–Trinajstić information content (AvgIpc) is 2.31. The van der Waals surface area contributed by atoms with Crippen molar-refractivity contribution >= 4 is 11.8 Å². The SMILES string of the molecule is O=NN1CCC(Sc2ccccc2)CC1. The summed E-state index contributed by atoms with van der Waals surface area (Å²) in [6, 6.07) is 10.4. The molecule has 1 aromatic rings. The Kier molecular flexibility index (Phi) is 3.61. The minimum absolute atomic E-state index is 0.630. The highest BCUT2D eigenvalue weighted by molar-refractivity contribution is 8.00. The molecule has 1 saturated heterocycles. The molecule has 0 radical (unpaired) electrons. The lowest BCUT2D eigenvalue weighted by Crippen LogP contribution is -2.30. The van der Waals surface area contributed by atoms with Crippen LogP contribution >= 0.6 is 11.8 Å². The van der Waals surface area contributed by atoms with Crippen LogP contribution in [-0.2, 0) is 0 Å². The van der Waals surface area contributed by atoms with Gasteiger partial charge in [0.05, 0.1) is 5.29 Å². The average molecular weight is 222 g/mol. The highest BCUT2D eigenvalue weighted by atomic mass is 32.2. The molecule has 0 atom stereocenters. The molecular weight excluding hydrogens is 208 g/mol. The second-order valence-electron chi connectivity index (χ2n) is 3.67. The van der Waals surface area contributed by atoms with E-state index in [1.54, 1.807) is 5.01 Å². The maximum absolute atomic E-state index is 10.3. The number of piperidine rings is 1. The van der Waals surface area contributed by atoms with Gasteiger partial charge in [0.25, 0.3) is 0 Å². The van der Waals surface area contributed by atoms with Crippen LogP contribution in [0, 0.1) is 4.91 Å². The molecule has 0 spiro atoms. The topological polar surface area (TPSA) is 32.7 Å². The molecule has 0 N–H and O–H groups in total. The van der Waals surface area contributed by atoms with Crippen LogP contribution in [-0.4, -0.2) is 23.3 Å². The summed E-state index contributed by atoms with van der Waals surface area (Å²) in [5.41, 5.74) is 0. The van der Waals surface area contributed by atoms with Crippen molar-refractivity contribution in [2.45, 2.75) is 23.0 Å². The van der Waals surface area contributed by atoms with Gasteiger partial charge in [0.1, 0.15) is 0 Å².